The van der Waals surface area contributed by atoms with Crippen molar-refractivity contribution in [2.24, 2.45) is 5.92 Å². The molecule has 0 aliphatic carbocycles. The van der Waals surface area contributed by atoms with Crippen molar-refractivity contribution in [3.8, 4) is 0 Å². The minimum atomic E-state index is 0. The highest BCUT2D eigenvalue weighted by Crippen LogP contribution is 2.22. The molecule has 1 unspecified atom stereocenters. The molecule has 3 heterocycles. The summed E-state index contributed by atoms with van der Waals surface area (Å²) in [7, 11) is 0. The number of carbonyl (C=O) groups excluding carboxylic acids is 1. The third-order valence-corrected chi connectivity index (χ3v) is 5.23. The standard InChI is InChI=1S/C19H26N4O2.2ClH/c24-19(16-3-5-20-14-16)21-17-1-2-18-15(13-17)4-6-23(18)8-7-22-9-11-25-12-10-22;;/h1-2,4,6,13,16,20H,3,5,7-12,14H2,(H,21,24);2*1H. The highest BCUT2D eigenvalue weighted by Gasteiger charge is 2.22. The van der Waals surface area contributed by atoms with E-state index in [1.165, 1.54) is 10.9 Å². The Bertz CT molecular complexity index is 740. The summed E-state index contributed by atoms with van der Waals surface area (Å²) in [6.45, 7) is 7.45. The van der Waals surface area contributed by atoms with Crippen LogP contribution in [0, 0.1) is 5.92 Å². The molecule has 2 aromatic rings. The fourth-order valence-electron chi connectivity index (χ4n) is 3.67. The number of halogens is 2. The maximum atomic E-state index is 12.3. The van der Waals surface area contributed by atoms with Crippen LogP contribution in [-0.4, -0.2) is 61.3 Å². The average molecular weight is 415 g/mol. The first kappa shape index (κ1) is 22.0. The van der Waals surface area contributed by atoms with Crippen molar-refractivity contribution in [3.05, 3.63) is 30.5 Å². The molecule has 0 bridgehead atoms. The summed E-state index contributed by atoms with van der Waals surface area (Å²) >= 11 is 0. The molecule has 2 fully saturated rings. The Morgan fingerprint density at radius 3 is 2.74 bits per heavy atom. The van der Waals surface area contributed by atoms with Crippen LogP contribution >= 0.6 is 24.8 Å². The first-order valence-corrected chi connectivity index (χ1v) is 9.20. The second kappa shape index (κ2) is 10.3. The molecule has 0 saturated carbocycles. The van der Waals surface area contributed by atoms with Crippen LogP contribution in [0.15, 0.2) is 30.5 Å². The maximum Gasteiger partial charge on any atom is 0.228 e. The number of nitrogens with one attached hydrogen (secondary N) is 2. The summed E-state index contributed by atoms with van der Waals surface area (Å²) in [5.41, 5.74) is 2.10. The molecule has 6 nitrogen and oxygen atoms in total. The fraction of sp³-hybridized carbons (Fsp3) is 0.526. The predicted molar refractivity (Wildman–Crippen MR) is 113 cm³/mol. The van der Waals surface area contributed by atoms with Gasteiger partial charge in [0.1, 0.15) is 0 Å². The molecule has 1 atom stereocenters. The van der Waals surface area contributed by atoms with Crippen LogP contribution in [0.5, 0.6) is 0 Å². The Labute approximate surface area is 172 Å². The van der Waals surface area contributed by atoms with Gasteiger partial charge in [-0.1, -0.05) is 0 Å². The van der Waals surface area contributed by atoms with E-state index in [9.17, 15) is 4.79 Å². The van der Waals surface area contributed by atoms with Crippen LogP contribution < -0.4 is 10.6 Å². The fourth-order valence-corrected chi connectivity index (χ4v) is 3.67. The van der Waals surface area contributed by atoms with Crippen molar-refractivity contribution in [1.29, 1.82) is 0 Å². The first-order chi connectivity index (χ1) is 12.3. The van der Waals surface area contributed by atoms with Gasteiger partial charge in [-0.25, -0.2) is 0 Å². The Morgan fingerprint density at radius 2 is 2.00 bits per heavy atom. The minimum absolute atomic E-state index is 0. The smallest absolute Gasteiger partial charge is 0.228 e. The summed E-state index contributed by atoms with van der Waals surface area (Å²) < 4.78 is 7.69. The number of morpholine rings is 1. The molecule has 2 saturated heterocycles. The SMILES string of the molecule is Cl.Cl.O=C(Nc1ccc2c(ccn2CCN2CCOCC2)c1)C1CCNC1. The zero-order valence-electron chi connectivity index (χ0n) is 15.4. The van der Waals surface area contributed by atoms with Gasteiger partial charge in [-0.2, -0.15) is 0 Å². The first-order valence-electron chi connectivity index (χ1n) is 9.20. The molecular formula is C19H28Cl2N4O2. The number of carbonyl (C=O) groups is 1. The number of hydrogen-bond acceptors (Lipinski definition) is 4. The van der Waals surface area contributed by atoms with E-state index >= 15 is 0 Å². The summed E-state index contributed by atoms with van der Waals surface area (Å²) in [5.74, 6) is 0.213. The third-order valence-electron chi connectivity index (χ3n) is 5.23. The summed E-state index contributed by atoms with van der Waals surface area (Å²) in [6.07, 6.45) is 3.06. The van der Waals surface area contributed by atoms with Crippen LogP contribution in [0.1, 0.15) is 6.42 Å². The van der Waals surface area contributed by atoms with Gasteiger partial charge in [0, 0.05) is 55.5 Å². The molecule has 1 aromatic heterocycles. The molecule has 2 aliphatic heterocycles. The number of anilines is 1. The van der Waals surface area contributed by atoms with Gasteiger partial charge in [0.2, 0.25) is 5.91 Å². The highest BCUT2D eigenvalue weighted by molar-refractivity contribution is 5.95. The van der Waals surface area contributed by atoms with Crippen LogP contribution in [0.25, 0.3) is 10.9 Å². The van der Waals surface area contributed by atoms with Gasteiger partial charge >= 0.3 is 0 Å². The lowest BCUT2D eigenvalue weighted by molar-refractivity contribution is -0.119. The molecule has 1 amide bonds. The van der Waals surface area contributed by atoms with E-state index in [0.717, 1.165) is 64.6 Å². The predicted octanol–water partition coefficient (Wildman–Crippen LogP) is 2.37. The van der Waals surface area contributed by atoms with E-state index in [2.05, 4.69) is 44.5 Å². The van der Waals surface area contributed by atoms with Crippen molar-refractivity contribution >= 4 is 47.3 Å². The molecule has 1 aromatic carbocycles. The zero-order valence-corrected chi connectivity index (χ0v) is 17.0. The lowest BCUT2D eigenvalue weighted by Gasteiger charge is -2.26. The quantitative estimate of drug-likeness (QED) is 0.788. The van der Waals surface area contributed by atoms with Gasteiger partial charge in [0.25, 0.3) is 0 Å². The average Bonchev–Trinajstić information content (AvgIpc) is 3.31. The lowest BCUT2D eigenvalue weighted by Crippen LogP contribution is -2.38. The number of fused-ring (bicyclic) bond motifs is 1. The molecule has 0 spiro atoms. The molecule has 2 N–H and O–H groups in total. The van der Waals surface area contributed by atoms with Gasteiger partial charge in [-0.3, -0.25) is 9.69 Å². The van der Waals surface area contributed by atoms with Gasteiger partial charge in [-0.05, 0) is 37.2 Å². The zero-order chi connectivity index (χ0) is 17.1. The second-order valence-electron chi connectivity index (χ2n) is 6.92. The Hall–Kier alpha value is -1.31. The Balaban J connectivity index is 0.00000131. The summed E-state index contributed by atoms with van der Waals surface area (Å²) in [6, 6.07) is 8.31. The number of rotatable bonds is 5. The largest absolute Gasteiger partial charge is 0.379 e. The van der Waals surface area contributed by atoms with E-state index in [0.29, 0.717) is 0 Å². The lowest BCUT2D eigenvalue weighted by atomic mass is 10.1. The third kappa shape index (κ3) is 5.36. The Morgan fingerprint density at radius 1 is 1.19 bits per heavy atom. The van der Waals surface area contributed by atoms with E-state index in [4.69, 9.17) is 4.74 Å². The normalized spacial score (nSPS) is 20.1. The number of aromatic nitrogens is 1. The van der Waals surface area contributed by atoms with Crippen molar-refractivity contribution in [2.45, 2.75) is 13.0 Å². The van der Waals surface area contributed by atoms with Crippen molar-refractivity contribution < 1.29 is 9.53 Å². The minimum Gasteiger partial charge on any atom is -0.379 e. The molecule has 150 valence electrons. The topological polar surface area (TPSA) is 58.5 Å². The number of amides is 1. The van der Waals surface area contributed by atoms with Gasteiger partial charge in [0.05, 0.1) is 19.1 Å². The number of nitrogens with zero attached hydrogens (tertiary/aromatic N) is 2. The molecule has 27 heavy (non-hydrogen) atoms. The van der Waals surface area contributed by atoms with Crippen LogP contribution in [0.2, 0.25) is 0 Å². The van der Waals surface area contributed by atoms with E-state index in [1.807, 2.05) is 6.07 Å². The molecule has 0 radical (unpaired) electrons. The van der Waals surface area contributed by atoms with Crippen molar-refractivity contribution in [2.75, 3.05) is 51.3 Å². The van der Waals surface area contributed by atoms with E-state index < -0.39 is 0 Å². The van der Waals surface area contributed by atoms with Gasteiger partial charge in [-0.15, -0.1) is 24.8 Å². The van der Waals surface area contributed by atoms with Crippen molar-refractivity contribution in [1.82, 2.24) is 14.8 Å². The highest BCUT2D eigenvalue weighted by atomic mass is 35.5. The van der Waals surface area contributed by atoms with Crippen LogP contribution in [-0.2, 0) is 16.1 Å². The molecule has 2 aliphatic rings. The summed E-state index contributed by atoms with van der Waals surface area (Å²) in [4.78, 5) is 14.7. The molecule has 4 rings (SSSR count). The Kier molecular flexibility index (Phi) is 8.38. The molecule has 8 heteroatoms. The summed E-state index contributed by atoms with van der Waals surface area (Å²) in [5, 5.41) is 7.47. The number of ether oxygens (including phenoxy) is 1. The van der Waals surface area contributed by atoms with Crippen LogP contribution in [0.3, 0.4) is 0 Å². The van der Waals surface area contributed by atoms with E-state index in [1.54, 1.807) is 0 Å². The van der Waals surface area contributed by atoms with E-state index in [-0.39, 0.29) is 36.6 Å². The second-order valence-corrected chi connectivity index (χ2v) is 6.92. The maximum absolute atomic E-state index is 12.3. The monoisotopic (exact) mass is 414 g/mol. The van der Waals surface area contributed by atoms with Gasteiger partial charge in [0.15, 0.2) is 0 Å². The number of benzene rings is 1. The van der Waals surface area contributed by atoms with Gasteiger partial charge < -0.3 is 19.9 Å². The molecular weight excluding hydrogens is 387 g/mol. The van der Waals surface area contributed by atoms with Crippen molar-refractivity contribution in [3.63, 3.8) is 0 Å². The number of hydrogen-bond donors (Lipinski definition) is 2. The van der Waals surface area contributed by atoms with Crippen LogP contribution in [0.4, 0.5) is 5.69 Å².